The van der Waals surface area contributed by atoms with Crippen molar-refractivity contribution in [3.05, 3.63) is 41.7 Å². The number of benzene rings is 1. The summed E-state index contributed by atoms with van der Waals surface area (Å²) >= 11 is 5.96. The quantitative estimate of drug-likeness (QED) is 0.925. The lowest BCUT2D eigenvalue weighted by molar-refractivity contribution is 0.187. The fourth-order valence-corrected chi connectivity index (χ4v) is 2.23. The minimum absolute atomic E-state index is 0.113. The first-order valence-corrected chi connectivity index (χ1v) is 6.40. The predicted molar refractivity (Wildman–Crippen MR) is 70.2 cm³/mol. The number of ether oxygens (including phenoxy) is 1. The Hall–Kier alpha value is -1.52. The number of hydrogen-bond acceptors (Lipinski definition) is 3. The molecule has 1 unspecified atom stereocenters. The highest BCUT2D eigenvalue weighted by Crippen LogP contribution is 2.19. The van der Waals surface area contributed by atoms with Crippen LogP contribution in [0, 0.1) is 0 Å². The van der Waals surface area contributed by atoms with Gasteiger partial charge in [0.05, 0.1) is 18.1 Å². The Morgan fingerprint density at radius 3 is 3.17 bits per heavy atom. The molecule has 1 fully saturated rings. The lowest BCUT2D eigenvalue weighted by Gasteiger charge is -2.10. The molecule has 1 aromatic carbocycles. The van der Waals surface area contributed by atoms with Crippen molar-refractivity contribution in [2.75, 3.05) is 6.54 Å². The number of aromatic nitrogens is 2. The maximum Gasteiger partial charge on any atom is 0.160 e. The van der Waals surface area contributed by atoms with Gasteiger partial charge < -0.3 is 4.74 Å². The van der Waals surface area contributed by atoms with E-state index in [4.69, 9.17) is 16.3 Å². The molecule has 1 N–H and O–H groups in total. The van der Waals surface area contributed by atoms with Gasteiger partial charge in [0.2, 0.25) is 0 Å². The third kappa shape index (κ3) is 2.49. The van der Waals surface area contributed by atoms with Crippen LogP contribution in [0.15, 0.2) is 36.7 Å². The fourth-order valence-electron chi connectivity index (χ4n) is 2.04. The van der Waals surface area contributed by atoms with Crippen LogP contribution in [0.3, 0.4) is 0 Å². The minimum atomic E-state index is 0.113. The summed E-state index contributed by atoms with van der Waals surface area (Å²) in [6.45, 7) is 1.02. The molecule has 2 heterocycles. The summed E-state index contributed by atoms with van der Waals surface area (Å²) in [7, 11) is 0. The van der Waals surface area contributed by atoms with E-state index < -0.39 is 0 Å². The number of nitrogens with zero attached hydrogens (tertiary/aromatic N) is 2. The van der Waals surface area contributed by atoms with Crippen LogP contribution >= 0.6 is 11.6 Å². The highest BCUT2D eigenvalue weighted by Gasteiger charge is 2.16. The molecule has 0 saturated carbocycles. The maximum absolute atomic E-state index is 5.96. The van der Waals surface area contributed by atoms with Crippen LogP contribution in [-0.2, 0) is 0 Å². The Labute approximate surface area is 111 Å². The van der Waals surface area contributed by atoms with Gasteiger partial charge in [0.1, 0.15) is 6.23 Å². The van der Waals surface area contributed by atoms with Gasteiger partial charge in [-0.25, -0.2) is 4.68 Å². The molecule has 18 heavy (non-hydrogen) atoms. The lowest BCUT2D eigenvalue weighted by Crippen LogP contribution is -2.27. The Kier molecular flexibility index (Phi) is 3.21. The highest BCUT2D eigenvalue weighted by molar-refractivity contribution is 6.30. The van der Waals surface area contributed by atoms with Crippen molar-refractivity contribution < 1.29 is 4.74 Å². The van der Waals surface area contributed by atoms with Crippen LogP contribution in [0.25, 0.3) is 5.69 Å². The molecule has 2 aromatic rings. The first kappa shape index (κ1) is 11.6. The van der Waals surface area contributed by atoms with Crippen LogP contribution in [0.5, 0.6) is 5.75 Å². The van der Waals surface area contributed by atoms with Crippen LogP contribution in [-0.4, -0.2) is 22.6 Å². The molecule has 1 aromatic heterocycles. The maximum atomic E-state index is 5.96. The van der Waals surface area contributed by atoms with E-state index in [1.165, 1.54) is 0 Å². The molecular formula is C13H14ClN3O. The first-order valence-electron chi connectivity index (χ1n) is 6.02. The van der Waals surface area contributed by atoms with E-state index in [9.17, 15) is 0 Å². The van der Waals surface area contributed by atoms with Crippen LogP contribution in [0.4, 0.5) is 0 Å². The number of halogens is 1. The molecule has 1 aliphatic heterocycles. The summed E-state index contributed by atoms with van der Waals surface area (Å²) in [5.41, 5.74) is 0.928. The molecule has 1 saturated heterocycles. The smallest absolute Gasteiger partial charge is 0.160 e. The molecular weight excluding hydrogens is 250 g/mol. The van der Waals surface area contributed by atoms with Crippen molar-refractivity contribution in [2.24, 2.45) is 0 Å². The second-order valence-corrected chi connectivity index (χ2v) is 4.74. The van der Waals surface area contributed by atoms with Crippen molar-refractivity contribution in [1.29, 1.82) is 0 Å². The summed E-state index contributed by atoms with van der Waals surface area (Å²) in [6.07, 6.45) is 5.91. The van der Waals surface area contributed by atoms with Crippen molar-refractivity contribution in [2.45, 2.75) is 19.1 Å². The van der Waals surface area contributed by atoms with E-state index in [-0.39, 0.29) is 6.23 Å². The number of nitrogens with one attached hydrogen (secondary N) is 1. The van der Waals surface area contributed by atoms with Gasteiger partial charge in [-0.05, 0) is 37.6 Å². The Bertz CT molecular complexity index is 535. The summed E-state index contributed by atoms with van der Waals surface area (Å²) in [5, 5.41) is 8.25. The fraction of sp³-hybridized carbons (Fsp3) is 0.308. The zero-order valence-corrected chi connectivity index (χ0v) is 10.6. The van der Waals surface area contributed by atoms with Gasteiger partial charge in [-0.2, -0.15) is 5.10 Å². The molecule has 1 aliphatic rings. The summed E-state index contributed by atoms with van der Waals surface area (Å²) in [4.78, 5) is 0. The largest absolute Gasteiger partial charge is 0.472 e. The average Bonchev–Trinajstić information content (AvgIpc) is 3.01. The van der Waals surface area contributed by atoms with E-state index >= 15 is 0 Å². The molecule has 0 amide bonds. The Morgan fingerprint density at radius 1 is 1.44 bits per heavy atom. The van der Waals surface area contributed by atoms with Crippen molar-refractivity contribution >= 4 is 11.6 Å². The zero-order valence-electron chi connectivity index (χ0n) is 9.84. The normalized spacial score (nSPS) is 19.1. The summed E-state index contributed by atoms with van der Waals surface area (Å²) in [6, 6.07) is 7.56. The van der Waals surface area contributed by atoms with Gasteiger partial charge >= 0.3 is 0 Å². The van der Waals surface area contributed by atoms with Gasteiger partial charge in [0.25, 0.3) is 0 Å². The standard InChI is InChI=1S/C13H14ClN3O/c14-10-3-1-4-11(7-10)17-9-12(8-16-17)18-13-5-2-6-15-13/h1,3-4,7-9,13,15H,2,5-6H2. The predicted octanol–water partition coefficient (Wildman–Crippen LogP) is 2.61. The van der Waals surface area contributed by atoms with E-state index in [1.807, 2.05) is 30.5 Å². The van der Waals surface area contributed by atoms with Gasteiger partial charge in [0, 0.05) is 5.02 Å². The second-order valence-electron chi connectivity index (χ2n) is 4.30. The third-order valence-corrected chi connectivity index (χ3v) is 3.16. The topological polar surface area (TPSA) is 39.1 Å². The molecule has 3 rings (SSSR count). The highest BCUT2D eigenvalue weighted by atomic mass is 35.5. The van der Waals surface area contributed by atoms with Crippen LogP contribution < -0.4 is 10.1 Å². The first-order chi connectivity index (χ1) is 8.81. The minimum Gasteiger partial charge on any atom is -0.472 e. The SMILES string of the molecule is Clc1cccc(-n2cc(OC3CCCN3)cn2)c1. The van der Waals surface area contributed by atoms with Crippen molar-refractivity contribution in [3.63, 3.8) is 0 Å². The van der Waals surface area contributed by atoms with Crippen molar-refractivity contribution in [1.82, 2.24) is 15.1 Å². The number of rotatable bonds is 3. The summed E-state index contributed by atoms with van der Waals surface area (Å²) < 4.78 is 7.54. The zero-order chi connectivity index (χ0) is 12.4. The number of hydrogen-bond donors (Lipinski definition) is 1. The van der Waals surface area contributed by atoms with Crippen molar-refractivity contribution in [3.8, 4) is 11.4 Å². The molecule has 0 radical (unpaired) electrons. The Morgan fingerprint density at radius 2 is 2.39 bits per heavy atom. The van der Waals surface area contributed by atoms with E-state index in [1.54, 1.807) is 10.9 Å². The van der Waals surface area contributed by atoms with E-state index in [0.29, 0.717) is 5.02 Å². The van der Waals surface area contributed by atoms with E-state index in [0.717, 1.165) is 30.8 Å². The lowest BCUT2D eigenvalue weighted by atomic mass is 10.3. The van der Waals surface area contributed by atoms with Crippen LogP contribution in [0.2, 0.25) is 5.02 Å². The van der Waals surface area contributed by atoms with Gasteiger partial charge in [0.15, 0.2) is 5.75 Å². The monoisotopic (exact) mass is 263 g/mol. The van der Waals surface area contributed by atoms with Gasteiger partial charge in [-0.3, -0.25) is 5.32 Å². The molecule has 0 spiro atoms. The molecule has 0 bridgehead atoms. The molecule has 0 aliphatic carbocycles. The van der Waals surface area contributed by atoms with Gasteiger partial charge in [-0.1, -0.05) is 17.7 Å². The molecule has 5 heteroatoms. The third-order valence-electron chi connectivity index (χ3n) is 2.93. The molecule has 1 atom stereocenters. The van der Waals surface area contributed by atoms with E-state index in [2.05, 4.69) is 10.4 Å². The summed E-state index contributed by atoms with van der Waals surface area (Å²) in [5.74, 6) is 0.773. The average molecular weight is 264 g/mol. The van der Waals surface area contributed by atoms with Gasteiger partial charge in [-0.15, -0.1) is 0 Å². The Balaban J connectivity index is 1.76. The second kappa shape index (κ2) is 5.00. The van der Waals surface area contributed by atoms with Crippen LogP contribution in [0.1, 0.15) is 12.8 Å². The molecule has 4 nitrogen and oxygen atoms in total. The molecule has 94 valence electrons.